The second-order valence-corrected chi connectivity index (χ2v) is 6.72. The van der Waals surface area contributed by atoms with E-state index in [0.717, 1.165) is 12.1 Å². The first-order chi connectivity index (χ1) is 15.5. The molecule has 1 amide bonds. The van der Waals surface area contributed by atoms with Gasteiger partial charge in [-0.05, 0) is 65.7 Å². The number of hydrogen-bond donors (Lipinski definition) is 2. The predicted octanol–water partition coefficient (Wildman–Crippen LogP) is 2.46. The molecule has 10 nitrogen and oxygen atoms in total. The van der Waals surface area contributed by atoms with Gasteiger partial charge in [-0.25, -0.2) is 18.9 Å². The van der Waals surface area contributed by atoms with Crippen molar-refractivity contribution in [1.29, 1.82) is 5.26 Å². The second-order valence-electron chi connectivity index (χ2n) is 6.72. The summed E-state index contributed by atoms with van der Waals surface area (Å²) < 4.78 is 26.8. The number of hydrogen-bond acceptors (Lipinski definition) is 8. The van der Waals surface area contributed by atoms with E-state index in [-0.39, 0.29) is 17.4 Å². The molecule has 2 N–H and O–H groups in total. The van der Waals surface area contributed by atoms with Gasteiger partial charge < -0.3 is 0 Å². The summed E-state index contributed by atoms with van der Waals surface area (Å²) in [5, 5.41) is 31.5. The third-order valence-corrected chi connectivity index (χ3v) is 4.62. The molecule has 0 radical (unpaired) electrons. The molecule has 1 aliphatic rings. The zero-order chi connectivity index (χ0) is 22.5. The van der Waals surface area contributed by atoms with Crippen LogP contribution in [-0.4, -0.2) is 49.5 Å². The maximum Gasteiger partial charge on any atom is 0.273 e. The summed E-state index contributed by atoms with van der Waals surface area (Å²) in [6.45, 7) is 0.410. The van der Waals surface area contributed by atoms with Crippen molar-refractivity contribution in [3.63, 3.8) is 0 Å². The number of amides is 1. The van der Waals surface area contributed by atoms with E-state index < -0.39 is 11.6 Å². The number of aromatic nitrogens is 4. The molecular formula is C20H15F2N9O. The number of carbonyl (C=O) groups excluding carboxylic acids is 1. The van der Waals surface area contributed by atoms with Crippen LogP contribution in [0.15, 0.2) is 52.7 Å². The van der Waals surface area contributed by atoms with Crippen molar-refractivity contribution in [2.75, 3.05) is 12.0 Å². The van der Waals surface area contributed by atoms with E-state index in [1.54, 1.807) is 24.3 Å². The Morgan fingerprint density at radius 1 is 1.19 bits per heavy atom. The highest BCUT2D eigenvalue weighted by molar-refractivity contribution is 6.09. The molecule has 2 aromatic carbocycles. The smallest absolute Gasteiger partial charge is 0.273 e. The molecule has 0 unspecified atom stereocenters. The van der Waals surface area contributed by atoms with Crippen LogP contribution in [0.3, 0.4) is 0 Å². The summed E-state index contributed by atoms with van der Waals surface area (Å²) in [5.74, 6) is -2.11. The third-order valence-electron chi connectivity index (χ3n) is 4.62. The average Bonchev–Trinajstić information content (AvgIpc) is 3.36. The number of anilines is 1. The summed E-state index contributed by atoms with van der Waals surface area (Å²) in [4.78, 5) is 12.8. The van der Waals surface area contributed by atoms with Gasteiger partial charge in [0.05, 0.1) is 11.4 Å². The molecule has 12 heteroatoms. The molecular weight excluding hydrogens is 420 g/mol. The molecule has 0 atom stereocenters. The first-order valence-electron chi connectivity index (χ1n) is 9.48. The standard InChI is InChI=1S/C20H15F2N9O/c21-15-8-5-13(10-16(15)22)17-2-1-9-31(28-17)20(32)12-3-6-14(7-4-12)24-25-18(11-23)19-26-29-30-27-19/h3-8,10,24H,1-2,9H2,(H,26,27,29,30). The summed E-state index contributed by atoms with van der Waals surface area (Å²) in [6.07, 6.45) is 1.20. The van der Waals surface area contributed by atoms with Crippen LogP contribution in [0.5, 0.6) is 0 Å². The highest BCUT2D eigenvalue weighted by Crippen LogP contribution is 2.19. The minimum absolute atomic E-state index is 0.0393. The lowest BCUT2D eigenvalue weighted by Crippen LogP contribution is -2.32. The minimum atomic E-state index is -0.960. The number of rotatable bonds is 5. The molecule has 0 spiro atoms. The number of halogens is 2. The highest BCUT2D eigenvalue weighted by Gasteiger charge is 2.21. The zero-order valence-corrected chi connectivity index (χ0v) is 16.5. The molecule has 0 aliphatic carbocycles. The monoisotopic (exact) mass is 435 g/mol. The molecule has 0 saturated carbocycles. The van der Waals surface area contributed by atoms with Gasteiger partial charge in [0.2, 0.25) is 11.5 Å². The Hall–Kier alpha value is -4.53. The topological polar surface area (TPSA) is 135 Å². The number of aromatic amines is 1. The van der Waals surface area contributed by atoms with Crippen LogP contribution in [0.4, 0.5) is 14.5 Å². The van der Waals surface area contributed by atoms with Gasteiger partial charge in [0, 0.05) is 17.7 Å². The maximum atomic E-state index is 13.6. The Bertz CT molecular complexity index is 1230. The summed E-state index contributed by atoms with van der Waals surface area (Å²) in [5.41, 5.74) is 4.53. The third kappa shape index (κ3) is 4.46. The Kier molecular flexibility index (Phi) is 5.89. The number of hydrazone groups is 2. The van der Waals surface area contributed by atoms with Crippen LogP contribution in [0.2, 0.25) is 0 Å². The van der Waals surface area contributed by atoms with Gasteiger partial charge in [0.1, 0.15) is 6.07 Å². The number of H-pyrrole nitrogens is 1. The minimum Gasteiger partial charge on any atom is -0.277 e. The predicted molar refractivity (Wildman–Crippen MR) is 110 cm³/mol. The van der Waals surface area contributed by atoms with Gasteiger partial charge in [-0.15, -0.1) is 5.10 Å². The lowest BCUT2D eigenvalue weighted by molar-refractivity contribution is 0.0751. The van der Waals surface area contributed by atoms with Crippen molar-refractivity contribution >= 4 is 23.0 Å². The van der Waals surface area contributed by atoms with Crippen LogP contribution in [0.1, 0.15) is 34.6 Å². The number of nitrogens with one attached hydrogen (secondary N) is 2. The molecule has 0 saturated heterocycles. The summed E-state index contributed by atoms with van der Waals surface area (Å²) in [6, 6.07) is 11.8. The maximum absolute atomic E-state index is 13.6. The van der Waals surface area contributed by atoms with Crippen molar-refractivity contribution in [3.8, 4) is 6.07 Å². The second kappa shape index (κ2) is 9.09. The van der Waals surface area contributed by atoms with E-state index in [1.807, 2.05) is 6.07 Å². The first-order valence-corrected chi connectivity index (χ1v) is 9.48. The van der Waals surface area contributed by atoms with E-state index >= 15 is 0 Å². The van der Waals surface area contributed by atoms with Crippen LogP contribution in [0.25, 0.3) is 0 Å². The molecule has 3 aromatic rings. The first kappa shape index (κ1) is 20.7. The Balaban J connectivity index is 1.47. The van der Waals surface area contributed by atoms with E-state index in [9.17, 15) is 13.6 Å². The average molecular weight is 435 g/mol. The summed E-state index contributed by atoms with van der Waals surface area (Å²) >= 11 is 0. The van der Waals surface area contributed by atoms with Gasteiger partial charge in [-0.2, -0.15) is 15.5 Å². The number of nitrogens with zero attached hydrogens (tertiary/aromatic N) is 7. The lowest BCUT2D eigenvalue weighted by Gasteiger charge is -2.24. The molecule has 1 aliphatic heterocycles. The Morgan fingerprint density at radius 3 is 2.69 bits per heavy atom. The Morgan fingerprint density at radius 2 is 2.00 bits per heavy atom. The Labute approximate surface area is 180 Å². The number of benzene rings is 2. The largest absolute Gasteiger partial charge is 0.277 e. The number of tetrazole rings is 1. The van der Waals surface area contributed by atoms with Gasteiger partial charge in [-0.1, -0.05) is 0 Å². The van der Waals surface area contributed by atoms with Gasteiger partial charge in [0.25, 0.3) is 5.91 Å². The van der Waals surface area contributed by atoms with Gasteiger partial charge >= 0.3 is 0 Å². The van der Waals surface area contributed by atoms with E-state index in [1.165, 1.54) is 11.1 Å². The normalized spacial score (nSPS) is 14.0. The van der Waals surface area contributed by atoms with Gasteiger partial charge in [-0.3, -0.25) is 10.2 Å². The molecule has 2 heterocycles. The quantitative estimate of drug-likeness (QED) is 0.467. The zero-order valence-electron chi connectivity index (χ0n) is 16.5. The van der Waals surface area contributed by atoms with Crippen molar-refractivity contribution < 1.29 is 13.6 Å². The van der Waals surface area contributed by atoms with Crippen molar-refractivity contribution in [2.45, 2.75) is 12.8 Å². The van der Waals surface area contributed by atoms with Crippen LogP contribution in [0, 0.1) is 23.0 Å². The molecule has 32 heavy (non-hydrogen) atoms. The van der Waals surface area contributed by atoms with E-state index in [0.29, 0.717) is 41.9 Å². The van der Waals surface area contributed by atoms with Crippen LogP contribution >= 0.6 is 0 Å². The number of carbonyl (C=O) groups is 1. The molecule has 0 fully saturated rings. The highest BCUT2D eigenvalue weighted by atomic mass is 19.2. The van der Waals surface area contributed by atoms with Crippen LogP contribution < -0.4 is 5.43 Å². The van der Waals surface area contributed by atoms with E-state index in [4.69, 9.17) is 5.26 Å². The van der Waals surface area contributed by atoms with Crippen molar-refractivity contribution in [3.05, 3.63) is 71.1 Å². The lowest BCUT2D eigenvalue weighted by atomic mass is 10.0. The van der Waals surface area contributed by atoms with E-state index in [2.05, 4.69) is 36.3 Å². The SMILES string of the molecule is N#CC(=NNc1ccc(C(=O)N2CCCC(c3ccc(F)c(F)c3)=N2)cc1)c1nnn[nH]1. The number of nitriles is 1. The van der Waals surface area contributed by atoms with Crippen molar-refractivity contribution in [2.24, 2.45) is 10.2 Å². The van der Waals surface area contributed by atoms with Crippen LogP contribution in [-0.2, 0) is 0 Å². The van der Waals surface area contributed by atoms with Crippen molar-refractivity contribution in [1.82, 2.24) is 25.6 Å². The van der Waals surface area contributed by atoms with Gasteiger partial charge in [0.15, 0.2) is 11.6 Å². The molecule has 160 valence electrons. The molecule has 4 rings (SSSR count). The molecule has 1 aromatic heterocycles. The fraction of sp³-hybridized carbons (Fsp3) is 0.150. The fourth-order valence-electron chi connectivity index (χ4n) is 3.01. The molecule has 0 bridgehead atoms. The summed E-state index contributed by atoms with van der Waals surface area (Å²) in [7, 11) is 0. The fourth-order valence-corrected chi connectivity index (χ4v) is 3.01.